The van der Waals surface area contributed by atoms with E-state index in [-0.39, 0.29) is 5.91 Å². The lowest BCUT2D eigenvalue weighted by molar-refractivity contribution is -0.133. The van der Waals surface area contributed by atoms with Crippen LogP contribution in [0.1, 0.15) is 41.4 Å². The zero-order chi connectivity index (χ0) is 16.5. The second-order valence-electron chi connectivity index (χ2n) is 6.82. The molecular weight excluding hydrogens is 304 g/mol. The lowest BCUT2D eigenvalue weighted by atomic mass is 9.97. The maximum absolute atomic E-state index is 12.6. The summed E-state index contributed by atoms with van der Waals surface area (Å²) in [5.41, 5.74) is 4.43. The van der Waals surface area contributed by atoms with Gasteiger partial charge in [-0.1, -0.05) is 0 Å². The molecule has 2 N–H and O–H groups in total. The Labute approximate surface area is 141 Å². The molecule has 128 valence electrons. The van der Waals surface area contributed by atoms with E-state index in [1.165, 1.54) is 18.4 Å². The fourth-order valence-corrected chi connectivity index (χ4v) is 3.67. The molecule has 7 nitrogen and oxygen atoms in total. The molecule has 2 aromatic rings. The van der Waals surface area contributed by atoms with Gasteiger partial charge in [-0.15, -0.1) is 0 Å². The Morgan fingerprint density at radius 2 is 2.38 bits per heavy atom. The first kappa shape index (κ1) is 15.4. The number of aryl methyl sites for hydroxylation is 1. The quantitative estimate of drug-likeness (QED) is 0.880. The first-order valence-electron chi connectivity index (χ1n) is 8.75. The van der Waals surface area contributed by atoms with E-state index in [0.29, 0.717) is 19.0 Å². The highest BCUT2D eigenvalue weighted by Gasteiger charge is 2.24. The van der Waals surface area contributed by atoms with E-state index in [0.717, 1.165) is 43.1 Å². The number of nitrogens with zero attached hydrogens (tertiary/aromatic N) is 4. The number of fused-ring (bicyclic) bond motifs is 1. The number of nitrogens with one attached hydrogen (secondary N) is 2. The van der Waals surface area contributed by atoms with Crippen LogP contribution in [0.2, 0.25) is 0 Å². The number of aromatic amines is 1. The van der Waals surface area contributed by atoms with Crippen LogP contribution in [0.3, 0.4) is 0 Å². The van der Waals surface area contributed by atoms with E-state index in [2.05, 4.69) is 26.7 Å². The highest BCUT2D eigenvalue weighted by atomic mass is 16.2. The number of hydrogen-bond donors (Lipinski definition) is 2. The Kier molecular flexibility index (Phi) is 4.10. The van der Waals surface area contributed by atoms with Gasteiger partial charge in [0.25, 0.3) is 0 Å². The summed E-state index contributed by atoms with van der Waals surface area (Å²) in [6, 6.07) is 2.06. The van der Waals surface area contributed by atoms with Crippen LogP contribution in [0.4, 0.5) is 0 Å². The summed E-state index contributed by atoms with van der Waals surface area (Å²) in [6.45, 7) is 5.79. The lowest BCUT2D eigenvalue weighted by Crippen LogP contribution is -2.38. The molecule has 1 atom stereocenters. The van der Waals surface area contributed by atoms with Crippen molar-refractivity contribution in [2.75, 3.05) is 19.6 Å². The number of carbonyl (C=O) groups is 1. The molecule has 4 heterocycles. The van der Waals surface area contributed by atoms with Crippen molar-refractivity contribution in [1.82, 2.24) is 30.2 Å². The predicted octanol–water partition coefficient (Wildman–Crippen LogP) is 0.967. The van der Waals surface area contributed by atoms with Crippen LogP contribution < -0.4 is 5.32 Å². The van der Waals surface area contributed by atoms with Crippen molar-refractivity contribution in [3.05, 3.63) is 34.9 Å². The summed E-state index contributed by atoms with van der Waals surface area (Å²) in [6.07, 6.45) is 5.12. The third-order valence-corrected chi connectivity index (χ3v) is 5.15. The minimum absolute atomic E-state index is 0.123. The molecule has 0 saturated carbocycles. The van der Waals surface area contributed by atoms with Crippen LogP contribution in [0.15, 0.2) is 12.3 Å². The Morgan fingerprint density at radius 1 is 1.46 bits per heavy atom. The number of H-pyrrole nitrogens is 1. The minimum Gasteiger partial charge on any atom is -0.336 e. The average molecular weight is 328 g/mol. The van der Waals surface area contributed by atoms with Crippen LogP contribution in [0.25, 0.3) is 0 Å². The topological polar surface area (TPSA) is 78.8 Å². The lowest BCUT2D eigenvalue weighted by Gasteiger charge is -2.26. The molecule has 1 amide bonds. The van der Waals surface area contributed by atoms with Gasteiger partial charge in [0.1, 0.15) is 6.54 Å². The first-order chi connectivity index (χ1) is 11.7. The molecule has 24 heavy (non-hydrogen) atoms. The molecule has 1 saturated heterocycles. The molecule has 2 aliphatic rings. The van der Waals surface area contributed by atoms with Gasteiger partial charge in [0.05, 0.1) is 11.4 Å². The maximum Gasteiger partial charge on any atom is 0.244 e. The number of carbonyl (C=O) groups excluding carboxylic acids is 1. The van der Waals surface area contributed by atoms with Crippen LogP contribution >= 0.6 is 0 Å². The molecule has 2 aromatic heterocycles. The molecule has 0 unspecified atom stereocenters. The third kappa shape index (κ3) is 2.96. The number of aromatic nitrogens is 4. The van der Waals surface area contributed by atoms with Gasteiger partial charge in [-0.05, 0) is 32.4 Å². The first-order valence-corrected chi connectivity index (χ1v) is 8.75. The Bertz CT molecular complexity index is 727. The Morgan fingerprint density at radius 3 is 3.21 bits per heavy atom. The molecular formula is C17H24N6O. The Hall–Kier alpha value is -2.15. The van der Waals surface area contributed by atoms with E-state index >= 15 is 0 Å². The summed E-state index contributed by atoms with van der Waals surface area (Å²) in [5, 5.41) is 15.4. The third-order valence-electron chi connectivity index (χ3n) is 5.15. The molecule has 0 aliphatic carbocycles. The smallest absolute Gasteiger partial charge is 0.244 e. The van der Waals surface area contributed by atoms with Crippen LogP contribution in [-0.4, -0.2) is 50.4 Å². The van der Waals surface area contributed by atoms with Gasteiger partial charge in [-0.2, -0.15) is 10.2 Å². The fourth-order valence-electron chi connectivity index (χ4n) is 3.67. The summed E-state index contributed by atoms with van der Waals surface area (Å²) in [7, 11) is 0. The average Bonchev–Trinajstić information content (AvgIpc) is 3.23. The van der Waals surface area contributed by atoms with E-state index in [1.807, 2.05) is 18.0 Å². The molecule has 1 fully saturated rings. The normalized spacial score (nSPS) is 20.9. The van der Waals surface area contributed by atoms with Gasteiger partial charge in [0.15, 0.2) is 0 Å². The molecule has 0 spiro atoms. The highest BCUT2D eigenvalue weighted by Crippen LogP contribution is 2.22. The largest absolute Gasteiger partial charge is 0.336 e. The Balaban J connectivity index is 1.40. The van der Waals surface area contributed by atoms with Crippen LogP contribution in [0.5, 0.6) is 0 Å². The van der Waals surface area contributed by atoms with E-state index in [9.17, 15) is 4.79 Å². The van der Waals surface area contributed by atoms with Gasteiger partial charge >= 0.3 is 0 Å². The molecule has 4 rings (SSSR count). The predicted molar refractivity (Wildman–Crippen MR) is 89.5 cm³/mol. The standard InChI is InChI=1S/C17H24N6O/c1-12-14-10-22(7-4-16(14)20-19-12)17(24)11-23-8-5-15(21-23)13-3-2-6-18-9-13/h5,8,13,18H,2-4,6-7,9-11H2,1H3,(H,19,20)/t13-/m1/s1. The summed E-state index contributed by atoms with van der Waals surface area (Å²) >= 11 is 0. The van der Waals surface area contributed by atoms with E-state index in [1.54, 1.807) is 4.68 Å². The zero-order valence-corrected chi connectivity index (χ0v) is 14.1. The van der Waals surface area contributed by atoms with E-state index < -0.39 is 0 Å². The molecule has 2 aliphatic heterocycles. The van der Waals surface area contributed by atoms with E-state index in [4.69, 9.17) is 0 Å². The second kappa shape index (κ2) is 6.39. The van der Waals surface area contributed by atoms with Gasteiger partial charge in [0, 0.05) is 49.4 Å². The molecule has 7 heteroatoms. The van der Waals surface area contributed by atoms with Crippen molar-refractivity contribution in [1.29, 1.82) is 0 Å². The monoisotopic (exact) mass is 328 g/mol. The molecule has 0 bridgehead atoms. The molecule has 0 aromatic carbocycles. The summed E-state index contributed by atoms with van der Waals surface area (Å²) in [4.78, 5) is 14.5. The van der Waals surface area contributed by atoms with Crippen molar-refractivity contribution < 1.29 is 4.79 Å². The van der Waals surface area contributed by atoms with Crippen molar-refractivity contribution in [3.63, 3.8) is 0 Å². The number of rotatable bonds is 3. The SMILES string of the molecule is Cc1[nH]nc2c1CN(C(=O)Cn1ccc([C@@H]3CCCNC3)n1)CC2. The van der Waals surface area contributed by atoms with Crippen molar-refractivity contribution in [3.8, 4) is 0 Å². The van der Waals surface area contributed by atoms with Crippen LogP contribution in [0, 0.1) is 6.92 Å². The van der Waals surface area contributed by atoms with Crippen molar-refractivity contribution in [2.45, 2.75) is 45.2 Å². The highest BCUT2D eigenvalue weighted by molar-refractivity contribution is 5.76. The summed E-state index contributed by atoms with van der Waals surface area (Å²) in [5.74, 6) is 0.596. The van der Waals surface area contributed by atoms with Gasteiger partial charge in [-0.3, -0.25) is 14.6 Å². The minimum atomic E-state index is 0.123. The number of hydrogen-bond acceptors (Lipinski definition) is 4. The second-order valence-corrected chi connectivity index (χ2v) is 6.82. The molecule has 0 radical (unpaired) electrons. The fraction of sp³-hybridized carbons (Fsp3) is 0.588. The van der Waals surface area contributed by atoms with Crippen molar-refractivity contribution in [2.24, 2.45) is 0 Å². The summed E-state index contributed by atoms with van der Waals surface area (Å²) < 4.78 is 1.78. The number of piperidine rings is 1. The number of amides is 1. The van der Waals surface area contributed by atoms with Crippen molar-refractivity contribution >= 4 is 5.91 Å². The van der Waals surface area contributed by atoms with Gasteiger partial charge in [0.2, 0.25) is 5.91 Å². The van der Waals surface area contributed by atoms with Crippen LogP contribution in [-0.2, 0) is 24.3 Å². The van der Waals surface area contributed by atoms with Gasteiger partial charge in [-0.25, -0.2) is 0 Å². The maximum atomic E-state index is 12.6. The zero-order valence-electron chi connectivity index (χ0n) is 14.1. The van der Waals surface area contributed by atoms with Gasteiger partial charge < -0.3 is 10.2 Å².